The summed E-state index contributed by atoms with van der Waals surface area (Å²) in [5.41, 5.74) is 0. The van der Waals surface area contributed by atoms with Crippen molar-refractivity contribution in [3.05, 3.63) is 0 Å². The molecular weight excluding hydrogens is 232 g/mol. The summed E-state index contributed by atoms with van der Waals surface area (Å²) in [5, 5.41) is 7.35. The molecule has 2 N–H and O–H groups in total. The van der Waals surface area contributed by atoms with Gasteiger partial charge >= 0.3 is 0 Å². The third-order valence-electron chi connectivity index (χ3n) is 3.98. The van der Waals surface area contributed by atoms with E-state index >= 15 is 0 Å². The number of piperidine rings is 1. The summed E-state index contributed by atoms with van der Waals surface area (Å²) in [7, 11) is 0. The average molecular weight is 256 g/mol. The first-order valence-corrected chi connectivity index (χ1v) is 8.15. The Hall–Kier alpha value is -0.220. The molecule has 0 aromatic heterocycles. The Bertz CT molecular complexity index is 246. The van der Waals surface area contributed by atoms with Crippen molar-refractivity contribution in [2.75, 3.05) is 12.8 Å². The van der Waals surface area contributed by atoms with Crippen LogP contribution in [0.1, 0.15) is 44.9 Å². The number of amides is 1. The topological polar surface area (TPSA) is 41.1 Å². The van der Waals surface area contributed by atoms with Crippen LogP contribution in [-0.2, 0) is 4.79 Å². The first-order chi connectivity index (χ1) is 8.29. The van der Waals surface area contributed by atoms with Crippen LogP contribution in [0.3, 0.4) is 0 Å². The predicted molar refractivity (Wildman–Crippen MR) is 73.3 cm³/mol. The molecule has 0 aromatic carbocycles. The van der Waals surface area contributed by atoms with Gasteiger partial charge in [-0.05, 0) is 51.3 Å². The molecule has 2 fully saturated rings. The van der Waals surface area contributed by atoms with Gasteiger partial charge in [-0.15, -0.1) is 0 Å². The fourth-order valence-electron chi connectivity index (χ4n) is 2.82. The molecule has 1 heterocycles. The third kappa shape index (κ3) is 3.88. The average Bonchev–Trinajstić information content (AvgIpc) is 2.40. The van der Waals surface area contributed by atoms with Crippen molar-refractivity contribution in [2.45, 2.75) is 62.3 Å². The number of nitrogens with one attached hydrogen (secondary N) is 2. The molecule has 0 bridgehead atoms. The SMILES string of the molecule is CSC1CCC(NC(=O)[C@@H]2CCCCN2)CC1. The molecular formula is C13H24N2OS. The van der Waals surface area contributed by atoms with E-state index in [9.17, 15) is 4.79 Å². The summed E-state index contributed by atoms with van der Waals surface area (Å²) in [6, 6.07) is 0.497. The molecule has 2 aliphatic rings. The Morgan fingerprint density at radius 3 is 2.53 bits per heavy atom. The van der Waals surface area contributed by atoms with Crippen LogP contribution in [0, 0.1) is 0 Å². The third-order valence-corrected chi connectivity index (χ3v) is 5.12. The Morgan fingerprint density at radius 1 is 1.18 bits per heavy atom. The van der Waals surface area contributed by atoms with Gasteiger partial charge in [0, 0.05) is 11.3 Å². The highest BCUT2D eigenvalue weighted by Crippen LogP contribution is 2.26. The second-order valence-electron chi connectivity index (χ2n) is 5.22. The van der Waals surface area contributed by atoms with Crippen LogP contribution < -0.4 is 10.6 Å². The second kappa shape index (κ2) is 6.64. The summed E-state index contributed by atoms with van der Waals surface area (Å²) in [4.78, 5) is 12.0. The smallest absolute Gasteiger partial charge is 0.237 e. The van der Waals surface area contributed by atoms with Gasteiger partial charge in [0.1, 0.15) is 0 Å². The minimum atomic E-state index is 0.0713. The first kappa shape index (κ1) is 13.2. The summed E-state index contributed by atoms with van der Waals surface area (Å²) >= 11 is 1.97. The molecule has 1 aliphatic heterocycles. The fraction of sp³-hybridized carbons (Fsp3) is 0.923. The van der Waals surface area contributed by atoms with Gasteiger partial charge in [-0.1, -0.05) is 6.42 Å². The van der Waals surface area contributed by atoms with Gasteiger partial charge in [-0.3, -0.25) is 4.79 Å². The number of carbonyl (C=O) groups excluding carboxylic acids is 1. The van der Waals surface area contributed by atoms with E-state index in [1.807, 2.05) is 11.8 Å². The van der Waals surface area contributed by atoms with Crippen molar-refractivity contribution < 1.29 is 4.79 Å². The van der Waals surface area contributed by atoms with E-state index in [4.69, 9.17) is 0 Å². The van der Waals surface area contributed by atoms with Crippen molar-refractivity contribution >= 4 is 17.7 Å². The lowest BCUT2D eigenvalue weighted by Crippen LogP contribution is -2.50. The molecule has 98 valence electrons. The van der Waals surface area contributed by atoms with Crippen LogP contribution in [0.25, 0.3) is 0 Å². The highest BCUT2D eigenvalue weighted by atomic mass is 32.2. The van der Waals surface area contributed by atoms with Crippen molar-refractivity contribution in [3.63, 3.8) is 0 Å². The van der Waals surface area contributed by atoms with Gasteiger partial charge in [0.25, 0.3) is 0 Å². The van der Waals surface area contributed by atoms with Gasteiger partial charge in [-0.2, -0.15) is 11.8 Å². The van der Waals surface area contributed by atoms with Crippen molar-refractivity contribution in [1.82, 2.24) is 10.6 Å². The maximum Gasteiger partial charge on any atom is 0.237 e. The Kier molecular flexibility index (Phi) is 5.16. The molecule has 0 unspecified atom stereocenters. The van der Waals surface area contributed by atoms with Crippen molar-refractivity contribution in [3.8, 4) is 0 Å². The molecule has 1 aliphatic carbocycles. The molecule has 0 spiro atoms. The maximum absolute atomic E-state index is 12.0. The van der Waals surface area contributed by atoms with E-state index in [1.165, 1.54) is 25.7 Å². The standard InChI is InChI=1S/C13H24N2OS/c1-17-11-7-5-10(6-8-11)15-13(16)12-4-2-3-9-14-12/h10-12,14H,2-9H2,1H3,(H,15,16)/t10?,11?,12-/m0/s1. The van der Waals surface area contributed by atoms with E-state index in [0.717, 1.165) is 31.1 Å². The number of hydrogen-bond donors (Lipinski definition) is 2. The number of carbonyl (C=O) groups is 1. The molecule has 3 nitrogen and oxygen atoms in total. The Labute approximate surface area is 108 Å². The van der Waals surface area contributed by atoms with Crippen LogP contribution in [0.15, 0.2) is 0 Å². The van der Waals surface area contributed by atoms with Crippen LogP contribution >= 0.6 is 11.8 Å². The molecule has 1 saturated heterocycles. The van der Waals surface area contributed by atoms with Crippen LogP contribution in [0.4, 0.5) is 0 Å². The summed E-state index contributed by atoms with van der Waals surface area (Å²) in [5.74, 6) is 0.234. The highest BCUT2D eigenvalue weighted by Gasteiger charge is 2.25. The summed E-state index contributed by atoms with van der Waals surface area (Å²) < 4.78 is 0. The molecule has 1 saturated carbocycles. The van der Waals surface area contributed by atoms with E-state index in [0.29, 0.717) is 6.04 Å². The molecule has 4 heteroatoms. The molecule has 1 amide bonds. The van der Waals surface area contributed by atoms with Gasteiger partial charge in [0.2, 0.25) is 5.91 Å². The zero-order valence-electron chi connectivity index (χ0n) is 10.7. The van der Waals surface area contributed by atoms with Crippen LogP contribution in [-0.4, -0.2) is 36.0 Å². The van der Waals surface area contributed by atoms with Crippen LogP contribution in [0.5, 0.6) is 0 Å². The van der Waals surface area contributed by atoms with E-state index in [-0.39, 0.29) is 11.9 Å². The second-order valence-corrected chi connectivity index (χ2v) is 6.36. The van der Waals surface area contributed by atoms with E-state index in [2.05, 4.69) is 16.9 Å². The van der Waals surface area contributed by atoms with Crippen LogP contribution in [0.2, 0.25) is 0 Å². The van der Waals surface area contributed by atoms with Crippen molar-refractivity contribution in [2.24, 2.45) is 0 Å². The Morgan fingerprint density at radius 2 is 1.94 bits per heavy atom. The van der Waals surface area contributed by atoms with Gasteiger partial charge in [0.15, 0.2) is 0 Å². The van der Waals surface area contributed by atoms with Gasteiger partial charge in [-0.25, -0.2) is 0 Å². The van der Waals surface area contributed by atoms with E-state index < -0.39 is 0 Å². The highest BCUT2D eigenvalue weighted by molar-refractivity contribution is 7.99. The maximum atomic E-state index is 12.0. The normalized spacial score (nSPS) is 34.3. The minimum absolute atomic E-state index is 0.0713. The predicted octanol–water partition coefficient (Wildman–Crippen LogP) is 1.92. The summed E-state index contributed by atoms with van der Waals surface area (Å²) in [6.07, 6.45) is 10.4. The minimum Gasteiger partial charge on any atom is -0.352 e. The first-order valence-electron chi connectivity index (χ1n) is 6.86. The zero-order valence-corrected chi connectivity index (χ0v) is 11.5. The molecule has 2 rings (SSSR count). The molecule has 0 radical (unpaired) electrons. The number of hydrogen-bond acceptors (Lipinski definition) is 3. The number of rotatable bonds is 3. The van der Waals surface area contributed by atoms with Gasteiger partial charge in [0.05, 0.1) is 6.04 Å². The molecule has 0 aromatic rings. The van der Waals surface area contributed by atoms with E-state index in [1.54, 1.807) is 0 Å². The zero-order chi connectivity index (χ0) is 12.1. The van der Waals surface area contributed by atoms with Gasteiger partial charge < -0.3 is 10.6 Å². The Balaban J connectivity index is 1.71. The lowest BCUT2D eigenvalue weighted by Gasteiger charge is -2.30. The molecule has 1 atom stereocenters. The summed E-state index contributed by atoms with van der Waals surface area (Å²) in [6.45, 7) is 0.997. The largest absolute Gasteiger partial charge is 0.352 e. The lowest BCUT2D eigenvalue weighted by atomic mass is 9.94. The lowest BCUT2D eigenvalue weighted by molar-refractivity contribution is -0.124. The van der Waals surface area contributed by atoms with Crippen molar-refractivity contribution in [1.29, 1.82) is 0 Å². The quantitative estimate of drug-likeness (QED) is 0.810. The fourth-order valence-corrected chi connectivity index (χ4v) is 3.56. The number of thioether (sulfide) groups is 1. The molecule has 17 heavy (non-hydrogen) atoms. The monoisotopic (exact) mass is 256 g/mol.